The number of rotatable bonds is 33. The molecule has 0 aromatic carbocycles. The molecule has 0 radical (unpaired) electrons. The molecule has 0 rings (SSSR count). The molecule has 0 spiro atoms. The van der Waals surface area contributed by atoms with Gasteiger partial charge in [0.1, 0.15) is 63.7 Å². The quantitative estimate of drug-likeness (QED) is 0.0239. The predicted molar refractivity (Wildman–Crippen MR) is 233 cm³/mol. The molecule has 19 nitrogen and oxygen atoms in total. The van der Waals surface area contributed by atoms with Crippen LogP contribution in [0.3, 0.4) is 0 Å². The fraction of sp³-hybridized carbons (Fsp3) is 0.500. The van der Waals surface area contributed by atoms with Crippen molar-refractivity contribution in [2.45, 2.75) is 12.8 Å². The fourth-order valence-electron chi connectivity index (χ4n) is 3.45. The van der Waals surface area contributed by atoms with Gasteiger partial charge >= 0.3 is 47.8 Å². The monoisotopic (exact) mass is 938 g/mol. The molecule has 22 heteroatoms. The molecule has 0 aliphatic heterocycles. The smallest absolute Gasteiger partial charge is 0.330 e. The number of thioether (sulfide) groups is 2. The molecule has 62 heavy (non-hydrogen) atoms. The molecular formula is C40H58O19S3. The van der Waals surface area contributed by atoms with Crippen LogP contribution in [0.15, 0.2) is 75.9 Å². The van der Waals surface area contributed by atoms with Gasteiger partial charge in [0, 0.05) is 65.2 Å². The summed E-state index contributed by atoms with van der Waals surface area (Å²) in [6, 6.07) is 0. The van der Waals surface area contributed by atoms with Crippen molar-refractivity contribution in [3.05, 3.63) is 75.9 Å². The predicted octanol–water partition coefficient (Wildman–Crippen LogP) is 1.55. The van der Waals surface area contributed by atoms with E-state index in [0.29, 0.717) is 28.8 Å². The second-order valence-corrected chi connectivity index (χ2v) is 14.7. The lowest BCUT2D eigenvalue weighted by atomic mass is 9.92. The van der Waals surface area contributed by atoms with Crippen molar-refractivity contribution >= 4 is 83.9 Å². The Labute approximate surface area is 375 Å². The van der Waals surface area contributed by atoms with Crippen molar-refractivity contribution in [1.29, 1.82) is 0 Å². The van der Waals surface area contributed by atoms with Gasteiger partial charge < -0.3 is 53.2 Å². The first-order valence-electron chi connectivity index (χ1n) is 18.2. The number of aliphatic hydroxyl groups is 3. The van der Waals surface area contributed by atoms with Crippen molar-refractivity contribution in [3.63, 3.8) is 0 Å². The number of carbonyl (C=O) groups excluding carboxylic acids is 8. The van der Waals surface area contributed by atoms with Gasteiger partial charge in [-0.05, 0) is 0 Å². The van der Waals surface area contributed by atoms with E-state index in [4.69, 9.17) is 53.2 Å². The first-order chi connectivity index (χ1) is 29.6. The summed E-state index contributed by atoms with van der Waals surface area (Å²) in [5, 5.41) is 25.4. The second kappa shape index (κ2) is 40.2. The van der Waals surface area contributed by atoms with E-state index in [9.17, 15) is 38.4 Å². The molecule has 0 atom stereocenters. The Kier molecular flexibility index (Phi) is 39.8. The summed E-state index contributed by atoms with van der Waals surface area (Å²) in [6.07, 6.45) is 5.71. The maximum Gasteiger partial charge on any atom is 0.330 e. The summed E-state index contributed by atoms with van der Waals surface area (Å²) in [5.74, 6) is -3.25. The van der Waals surface area contributed by atoms with E-state index in [1.807, 2.05) is 0 Å². The van der Waals surface area contributed by atoms with E-state index in [0.717, 1.165) is 36.5 Å². The molecule has 0 amide bonds. The average molecular weight is 939 g/mol. The molecule has 3 N–H and O–H groups in total. The highest BCUT2D eigenvalue weighted by atomic mass is 32.2. The van der Waals surface area contributed by atoms with Crippen molar-refractivity contribution in [2.75, 3.05) is 101 Å². The third-order valence-electron chi connectivity index (χ3n) is 6.67. The van der Waals surface area contributed by atoms with Crippen molar-refractivity contribution in [3.8, 4) is 0 Å². The first-order valence-corrected chi connectivity index (χ1v) is 21.2. The molecule has 0 bridgehead atoms. The lowest BCUT2D eigenvalue weighted by Gasteiger charge is -2.31. The Bertz CT molecular complexity index is 1290. The highest BCUT2D eigenvalue weighted by Crippen LogP contribution is 2.23. The van der Waals surface area contributed by atoms with Crippen LogP contribution in [0.1, 0.15) is 12.8 Å². The molecule has 0 aliphatic carbocycles. The maximum atomic E-state index is 12.1. The van der Waals surface area contributed by atoms with Gasteiger partial charge in [-0.3, -0.25) is 9.59 Å². The molecule has 0 aromatic heterocycles. The minimum absolute atomic E-state index is 0.00393. The second-order valence-electron chi connectivity index (χ2n) is 11.8. The Morgan fingerprint density at radius 2 is 0.613 bits per heavy atom. The summed E-state index contributed by atoms with van der Waals surface area (Å²) in [6.45, 7) is 16.9. The van der Waals surface area contributed by atoms with E-state index in [-0.39, 0.29) is 85.5 Å². The molecular weight excluding hydrogens is 881 g/mol. The Morgan fingerprint density at radius 3 is 0.790 bits per heavy atom. The van der Waals surface area contributed by atoms with E-state index in [2.05, 4.69) is 52.1 Å². The Hall–Kier alpha value is -4.87. The number of carbonyl (C=O) groups is 8. The molecule has 0 unspecified atom stereocenters. The van der Waals surface area contributed by atoms with Crippen LogP contribution in [0.25, 0.3) is 0 Å². The minimum Gasteiger partial charge on any atom is -0.465 e. The zero-order valence-corrected chi connectivity index (χ0v) is 37.1. The van der Waals surface area contributed by atoms with E-state index in [1.54, 1.807) is 0 Å². The van der Waals surface area contributed by atoms with E-state index in [1.165, 1.54) is 23.5 Å². The zero-order valence-electron chi connectivity index (χ0n) is 34.6. The van der Waals surface area contributed by atoms with E-state index < -0.39 is 58.6 Å². The van der Waals surface area contributed by atoms with Crippen LogP contribution in [0.4, 0.5) is 0 Å². The van der Waals surface area contributed by atoms with Gasteiger partial charge in [0.15, 0.2) is 0 Å². The zero-order chi connectivity index (χ0) is 47.7. The number of esters is 8. The molecule has 350 valence electrons. The molecule has 0 fully saturated rings. The van der Waals surface area contributed by atoms with Crippen LogP contribution < -0.4 is 0 Å². The topological polar surface area (TPSA) is 271 Å². The minimum atomic E-state index is -1.35. The fourth-order valence-corrected chi connectivity index (χ4v) is 4.74. The number of hydrogen-bond donors (Lipinski definition) is 4. The van der Waals surface area contributed by atoms with Crippen LogP contribution in [-0.2, 0) is 76.3 Å². The summed E-state index contributed by atoms with van der Waals surface area (Å²) in [4.78, 5) is 92.7. The van der Waals surface area contributed by atoms with Crippen LogP contribution in [0.2, 0.25) is 0 Å². The third-order valence-corrected chi connectivity index (χ3v) is 8.80. The van der Waals surface area contributed by atoms with Crippen LogP contribution in [-0.4, -0.2) is 165 Å². The lowest BCUT2D eigenvalue weighted by Crippen LogP contribution is -2.43. The lowest BCUT2D eigenvalue weighted by molar-refractivity contribution is -0.169. The van der Waals surface area contributed by atoms with Gasteiger partial charge in [0.05, 0.1) is 32.7 Å². The molecule has 0 aliphatic rings. The van der Waals surface area contributed by atoms with Crippen molar-refractivity contribution < 1.29 is 91.6 Å². The van der Waals surface area contributed by atoms with Crippen molar-refractivity contribution in [1.82, 2.24) is 0 Å². The highest BCUT2D eigenvalue weighted by Gasteiger charge is 2.38. The molecule has 0 saturated carbocycles. The van der Waals surface area contributed by atoms with Gasteiger partial charge in [-0.25, -0.2) is 28.8 Å². The molecule has 0 heterocycles. The summed E-state index contributed by atoms with van der Waals surface area (Å²) >= 11 is 6.42. The standard InChI is InChI=1S/C21H32O10S2.C17H20O8.C2H6OS/c1-3-17(24)28-13-21(14-29-18(25)4-2,15-30-19(26)5-9-32-11-7-22)16-31-20(27)6-10-33-12-8-23;1-5-13(18)22-9-17(10-23-14(19)6-2,11-24-15(20)7-3)12-25-16(21)8-4;3-1-2-4/h3-4,22-23H,1-2,5-16H2;5-8H,1-4,9-12H2;3-4H,1-2H2. The molecule has 0 saturated heterocycles. The SMILES string of the molecule is C=CC(=O)OCC(COC(=O)C=C)(COC(=O)C=C)COC(=O)C=C.C=CC(=O)OCC(COC(=O)C=C)(COC(=O)CCSCCO)COC(=O)CCSCCO.OCCS. The third kappa shape index (κ3) is 34.8. The summed E-state index contributed by atoms with van der Waals surface area (Å²) in [5.41, 5.74) is -2.69. The largest absolute Gasteiger partial charge is 0.465 e. The number of ether oxygens (including phenoxy) is 8. The van der Waals surface area contributed by atoms with Crippen molar-refractivity contribution in [2.24, 2.45) is 10.8 Å². The van der Waals surface area contributed by atoms with Crippen LogP contribution in [0, 0.1) is 10.8 Å². The summed E-state index contributed by atoms with van der Waals surface area (Å²) in [7, 11) is 0. The maximum absolute atomic E-state index is 12.1. The summed E-state index contributed by atoms with van der Waals surface area (Å²) < 4.78 is 40.6. The van der Waals surface area contributed by atoms with Crippen LogP contribution in [0.5, 0.6) is 0 Å². The number of hydrogen-bond acceptors (Lipinski definition) is 22. The van der Waals surface area contributed by atoms with Crippen LogP contribution >= 0.6 is 36.2 Å². The first kappa shape index (κ1) is 61.4. The normalized spacial score (nSPS) is 10.2. The van der Waals surface area contributed by atoms with Gasteiger partial charge in [0.2, 0.25) is 0 Å². The molecule has 0 aromatic rings. The number of thiol groups is 1. The van der Waals surface area contributed by atoms with Gasteiger partial charge in [0.25, 0.3) is 0 Å². The Balaban J connectivity index is -0.00000106. The van der Waals surface area contributed by atoms with E-state index >= 15 is 0 Å². The van der Waals surface area contributed by atoms with Gasteiger partial charge in [-0.2, -0.15) is 36.2 Å². The highest BCUT2D eigenvalue weighted by molar-refractivity contribution is 7.99. The Morgan fingerprint density at radius 1 is 0.403 bits per heavy atom. The number of aliphatic hydroxyl groups excluding tert-OH is 3. The van der Waals surface area contributed by atoms with Gasteiger partial charge in [-0.15, -0.1) is 0 Å². The van der Waals surface area contributed by atoms with Gasteiger partial charge in [-0.1, -0.05) is 39.5 Å². The average Bonchev–Trinajstić information content (AvgIpc) is 3.30.